The van der Waals surface area contributed by atoms with E-state index in [1.807, 2.05) is 6.07 Å². The van der Waals surface area contributed by atoms with E-state index in [-0.39, 0.29) is 11.3 Å². The minimum atomic E-state index is -0.740. The summed E-state index contributed by atoms with van der Waals surface area (Å²) < 4.78 is 20.5. The van der Waals surface area contributed by atoms with Crippen molar-refractivity contribution in [2.75, 3.05) is 0 Å². The van der Waals surface area contributed by atoms with Gasteiger partial charge in [0.2, 0.25) is 0 Å². The van der Waals surface area contributed by atoms with Crippen molar-refractivity contribution in [3.63, 3.8) is 0 Å². The molecule has 3 aromatic rings. The lowest BCUT2D eigenvalue weighted by Crippen LogP contribution is -2.12. The second-order valence-corrected chi connectivity index (χ2v) is 7.60. The molecule has 3 aromatic carbocycles. The number of hydrogen-bond donors (Lipinski definition) is 0. The number of hydrogen-bond acceptors (Lipinski definition) is 3. The van der Waals surface area contributed by atoms with Crippen LogP contribution in [0.4, 0.5) is 4.39 Å². The van der Waals surface area contributed by atoms with Gasteiger partial charge in [-0.15, -0.1) is 0 Å². The van der Waals surface area contributed by atoms with Gasteiger partial charge >= 0.3 is 5.97 Å². The van der Waals surface area contributed by atoms with Gasteiger partial charge in [-0.05, 0) is 65.4 Å². The van der Waals surface area contributed by atoms with Gasteiger partial charge in [0.1, 0.15) is 11.6 Å². The Bertz CT molecular complexity index is 1140. The summed E-state index contributed by atoms with van der Waals surface area (Å²) >= 11 is 0. The van der Waals surface area contributed by atoms with Gasteiger partial charge in [-0.1, -0.05) is 44.0 Å². The Hall–Kier alpha value is -3.45. The quantitative estimate of drug-likeness (QED) is 0.220. The Morgan fingerprint density at radius 1 is 1.07 bits per heavy atom. The number of fused-ring (bicyclic) bond motifs is 3. The van der Waals surface area contributed by atoms with Crippen LogP contribution >= 0.6 is 0 Å². The lowest BCUT2D eigenvalue weighted by atomic mass is 10.00. The van der Waals surface area contributed by atoms with Crippen molar-refractivity contribution >= 4 is 5.97 Å². The molecule has 0 saturated carbocycles. The SMILES string of the molecule is CCCCCc1ccc2c(c1)Cc1c-2ccc(C(=O)Oc2ccc(C#N)cc2)c1F. The van der Waals surface area contributed by atoms with Crippen molar-refractivity contribution in [3.05, 3.63) is 88.2 Å². The zero-order valence-electron chi connectivity index (χ0n) is 16.9. The molecule has 0 bridgehead atoms. The van der Waals surface area contributed by atoms with Gasteiger partial charge in [-0.25, -0.2) is 9.18 Å². The largest absolute Gasteiger partial charge is 0.423 e. The maximum absolute atomic E-state index is 15.2. The molecule has 0 radical (unpaired) electrons. The highest BCUT2D eigenvalue weighted by atomic mass is 19.1. The first-order valence-electron chi connectivity index (χ1n) is 10.3. The summed E-state index contributed by atoms with van der Waals surface area (Å²) in [4.78, 5) is 12.5. The van der Waals surface area contributed by atoms with Crippen molar-refractivity contribution in [2.24, 2.45) is 0 Å². The minimum Gasteiger partial charge on any atom is -0.423 e. The summed E-state index contributed by atoms with van der Waals surface area (Å²) in [7, 11) is 0. The van der Waals surface area contributed by atoms with Gasteiger partial charge < -0.3 is 4.74 Å². The predicted octanol–water partition coefficient (Wildman–Crippen LogP) is 6.22. The van der Waals surface area contributed by atoms with E-state index >= 15 is 4.39 Å². The zero-order chi connectivity index (χ0) is 21.1. The Labute approximate surface area is 175 Å². The highest BCUT2D eigenvalue weighted by Gasteiger charge is 2.26. The van der Waals surface area contributed by atoms with Crippen LogP contribution in [-0.2, 0) is 12.8 Å². The molecule has 30 heavy (non-hydrogen) atoms. The zero-order valence-corrected chi connectivity index (χ0v) is 16.9. The third-order valence-electron chi connectivity index (χ3n) is 5.55. The molecule has 0 aromatic heterocycles. The van der Waals surface area contributed by atoms with E-state index in [4.69, 9.17) is 10.00 Å². The molecule has 0 unspecified atom stereocenters. The molecule has 0 N–H and O–H groups in total. The molecule has 0 aliphatic heterocycles. The fourth-order valence-electron chi connectivity index (χ4n) is 3.94. The second-order valence-electron chi connectivity index (χ2n) is 7.60. The van der Waals surface area contributed by atoms with Gasteiger partial charge in [0.25, 0.3) is 0 Å². The second kappa shape index (κ2) is 8.51. The number of unbranched alkanes of at least 4 members (excludes halogenated alkanes) is 2. The Morgan fingerprint density at radius 2 is 1.83 bits per heavy atom. The molecular formula is C26H22FNO2. The third kappa shape index (κ3) is 3.84. The lowest BCUT2D eigenvalue weighted by molar-refractivity contribution is 0.0729. The van der Waals surface area contributed by atoms with Crippen LogP contribution < -0.4 is 4.74 Å². The molecule has 0 saturated heterocycles. The molecule has 0 spiro atoms. The number of benzene rings is 3. The van der Waals surface area contributed by atoms with Crippen molar-refractivity contribution in [1.82, 2.24) is 0 Å². The molecule has 1 aliphatic rings. The first-order chi connectivity index (χ1) is 14.6. The monoisotopic (exact) mass is 399 g/mol. The van der Waals surface area contributed by atoms with E-state index in [1.165, 1.54) is 36.6 Å². The van der Waals surface area contributed by atoms with Gasteiger partial charge in [-0.3, -0.25) is 0 Å². The summed E-state index contributed by atoms with van der Waals surface area (Å²) in [5.74, 6) is -0.981. The molecule has 4 heteroatoms. The first kappa shape index (κ1) is 19.8. The number of carbonyl (C=O) groups is 1. The van der Waals surface area contributed by atoms with Crippen molar-refractivity contribution < 1.29 is 13.9 Å². The fraction of sp³-hybridized carbons (Fsp3) is 0.231. The molecule has 0 atom stereocenters. The number of nitriles is 1. The van der Waals surface area contributed by atoms with Crippen molar-refractivity contribution in [3.8, 4) is 22.9 Å². The molecular weight excluding hydrogens is 377 g/mol. The maximum atomic E-state index is 15.2. The molecule has 0 heterocycles. The summed E-state index contributed by atoms with van der Waals surface area (Å²) in [6, 6.07) is 17.8. The van der Waals surface area contributed by atoms with Gasteiger partial charge in [0.05, 0.1) is 17.2 Å². The van der Waals surface area contributed by atoms with Crippen LogP contribution in [0.2, 0.25) is 0 Å². The molecule has 0 fully saturated rings. The average Bonchev–Trinajstić information content (AvgIpc) is 3.13. The Kier molecular flexibility index (Phi) is 5.63. The van der Waals surface area contributed by atoms with Crippen LogP contribution in [0.3, 0.4) is 0 Å². The van der Waals surface area contributed by atoms with E-state index in [9.17, 15) is 4.79 Å². The standard InChI is InChI=1S/C26H22FNO2/c1-2-3-4-5-17-8-11-21-19(14-17)15-24-22(21)12-13-23(25(24)27)26(29)30-20-9-6-18(16-28)7-10-20/h6-14H,2-5,15H2,1H3. The molecule has 3 nitrogen and oxygen atoms in total. The predicted molar refractivity (Wildman–Crippen MR) is 114 cm³/mol. The maximum Gasteiger partial charge on any atom is 0.346 e. The number of nitrogens with zero attached hydrogens (tertiary/aromatic N) is 1. The van der Waals surface area contributed by atoms with Gasteiger partial charge in [0, 0.05) is 12.0 Å². The van der Waals surface area contributed by atoms with Gasteiger partial charge in [-0.2, -0.15) is 5.26 Å². The minimum absolute atomic E-state index is 0.0749. The van der Waals surface area contributed by atoms with Crippen LogP contribution in [0.15, 0.2) is 54.6 Å². The average molecular weight is 399 g/mol. The van der Waals surface area contributed by atoms with E-state index in [0.29, 0.717) is 17.5 Å². The first-order valence-corrected chi connectivity index (χ1v) is 10.3. The smallest absolute Gasteiger partial charge is 0.346 e. The van der Waals surface area contributed by atoms with Crippen LogP contribution in [0, 0.1) is 17.1 Å². The van der Waals surface area contributed by atoms with E-state index in [1.54, 1.807) is 18.2 Å². The highest BCUT2D eigenvalue weighted by molar-refractivity contribution is 5.93. The van der Waals surface area contributed by atoms with Crippen LogP contribution in [0.1, 0.15) is 58.8 Å². The molecule has 0 amide bonds. The number of carbonyl (C=O) groups excluding carboxylic acids is 1. The van der Waals surface area contributed by atoms with Crippen LogP contribution in [-0.4, -0.2) is 5.97 Å². The lowest BCUT2D eigenvalue weighted by Gasteiger charge is -2.08. The van der Waals surface area contributed by atoms with E-state index in [0.717, 1.165) is 29.5 Å². The van der Waals surface area contributed by atoms with Crippen molar-refractivity contribution in [2.45, 2.75) is 39.0 Å². The van der Waals surface area contributed by atoms with E-state index < -0.39 is 11.8 Å². The van der Waals surface area contributed by atoms with Crippen molar-refractivity contribution in [1.29, 1.82) is 5.26 Å². The summed E-state index contributed by atoms with van der Waals surface area (Å²) in [6.07, 6.45) is 5.06. The van der Waals surface area contributed by atoms with E-state index in [2.05, 4.69) is 25.1 Å². The molecule has 1 aliphatic carbocycles. The Balaban J connectivity index is 1.55. The third-order valence-corrected chi connectivity index (χ3v) is 5.55. The summed E-state index contributed by atoms with van der Waals surface area (Å²) in [6.45, 7) is 2.19. The fourth-order valence-corrected chi connectivity index (χ4v) is 3.94. The number of halogens is 1. The summed E-state index contributed by atoms with van der Waals surface area (Å²) in [5.41, 5.74) is 5.20. The molecule has 150 valence electrons. The number of aryl methyl sites for hydroxylation is 1. The highest BCUT2D eigenvalue weighted by Crippen LogP contribution is 2.39. The summed E-state index contributed by atoms with van der Waals surface area (Å²) in [5, 5.41) is 8.85. The molecule has 4 rings (SSSR count). The van der Waals surface area contributed by atoms with Crippen LogP contribution in [0.5, 0.6) is 5.75 Å². The number of esters is 1. The number of ether oxygens (including phenoxy) is 1. The number of rotatable bonds is 6. The van der Waals surface area contributed by atoms with Crippen LogP contribution in [0.25, 0.3) is 11.1 Å². The van der Waals surface area contributed by atoms with Gasteiger partial charge in [0.15, 0.2) is 0 Å². The Morgan fingerprint density at radius 3 is 2.57 bits per heavy atom. The topological polar surface area (TPSA) is 50.1 Å². The normalized spacial score (nSPS) is 11.5.